The summed E-state index contributed by atoms with van der Waals surface area (Å²) < 4.78 is 0. The fraction of sp³-hybridized carbons (Fsp3) is 0.273. The van der Waals surface area contributed by atoms with E-state index in [4.69, 9.17) is 0 Å². The topological polar surface area (TPSA) is 96.7 Å². The van der Waals surface area contributed by atoms with E-state index in [0.29, 0.717) is 23.1 Å². The lowest BCUT2D eigenvalue weighted by Crippen LogP contribution is -2.04. The molecule has 0 spiro atoms. The molecule has 0 unspecified atom stereocenters. The van der Waals surface area contributed by atoms with Crippen molar-refractivity contribution in [2.75, 3.05) is 11.9 Å². The van der Waals surface area contributed by atoms with Crippen molar-refractivity contribution in [2.24, 2.45) is 0 Å². The van der Waals surface area contributed by atoms with E-state index >= 15 is 0 Å². The van der Waals surface area contributed by atoms with Crippen LogP contribution in [0, 0.1) is 10.1 Å². The minimum absolute atomic E-state index is 0.0949. The van der Waals surface area contributed by atoms with Gasteiger partial charge in [-0.3, -0.25) is 15.2 Å². The summed E-state index contributed by atoms with van der Waals surface area (Å²) in [6.07, 6.45) is 1.43. The Hall–Kier alpha value is -2.09. The third kappa shape index (κ3) is 3.22. The highest BCUT2D eigenvalue weighted by molar-refractivity contribution is 7.98. The summed E-state index contributed by atoms with van der Waals surface area (Å²) in [7, 11) is 0. The third-order valence-corrected chi connectivity index (χ3v) is 3.36. The third-order valence-electron chi connectivity index (χ3n) is 2.44. The average molecular weight is 279 g/mol. The van der Waals surface area contributed by atoms with Crippen LogP contribution in [0.15, 0.2) is 29.7 Å². The highest BCUT2D eigenvalue weighted by atomic mass is 32.2. The number of rotatable bonds is 6. The molecule has 0 atom stereocenters. The van der Waals surface area contributed by atoms with Crippen molar-refractivity contribution in [3.63, 3.8) is 0 Å². The van der Waals surface area contributed by atoms with Crippen LogP contribution in [0.5, 0.6) is 0 Å². The molecule has 0 saturated carbocycles. The zero-order chi connectivity index (χ0) is 13.7. The highest BCUT2D eigenvalue weighted by Crippen LogP contribution is 2.31. The minimum Gasteiger partial charge on any atom is -0.380 e. The van der Waals surface area contributed by atoms with E-state index in [0.717, 1.165) is 5.56 Å². The van der Waals surface area contributed by atoms with E-state index in [9.17, 15) is 10.1 Å². The monoisotopic (exact) mass is 279 g/mol. The number of nitro groups is 1. The normalized spacial score (nSPS) is 10.4. The number of nitrogens with zero attached hydrogens (tertiary/aromatic N) is 3. The number of nitrogens with one attached hydrogen (secondary N) is 2. The Labute approximate surface area is 114 Å². The maximum atomic E-state index is 11.0. The van der Waals surface area contributed by atoms with E-state index in [2.05, 4.69) is 20.5 Å². The Morgan fingerprint density at radius 3 is 3.00 bits per heavy atom. The van der Waals surface area contributed by atoms with Gasteiger partial charge in [-0.05, 0) is 12.5 Å². The van der Waals surface area contributed by atoms with Crippen LogP contribution in [-0.2, 0) is 5.75 Å². The van der Waals surface area contributed by atoms with Crippen molar-refractivity contribution in [1.82, 2.24) is 15.2 Å². The van der Waals surface area contributed by atoms with Crippen molar-refractivity contribution in [3.05, 3.63) is 40.2 Å². The van der Waals surface area contributed by atoms with E-state index in [1.807, 2.05) is 13.0 Å². The average Bonchev–Trinajstić information content (AvgIpc) is 2.90. The van der Waals surface area contributed by atoms with Crippen molar-refractivity contribution in [2.45, 2.75) is 17.8 Å². The first-order valence-electron chi connectivity index (χ1n) is 5.70. The van der Waals surface area contributed by atoms with Gasteiger partial charge in [-0.1, -0.05) is 23.9 Å². The number of thioether (sulfide) groups is 1. The Kier molecular flexibility index (Phi) is 4.35. The van der Waals surface area contributed by atoms with Gasteiger partial charge in [-0.15, -0.1) is 0 Å². The minimum atomic E-state index is -0.374. The smallest absolute Gasteiger partial charge is 0.292 e. The highest BCUT2D eigenvalue weighted by Gasteiger charge is 2.16. The maximum absolute atomic E-state index is 11.0. The quantitative estimate of drug-likeness (QED) is 0.479. The largest absolute Gasteiger partial charge is 0.380 e. The number of benzene rings is 1. The lowest BCUT2D eigenvalue weighted by atomic mass is 10.1. The van der Waals surface area contributed by atoms with Crippen LogP contribution in [0.2, 0.25) is 0 Å². The summed E-state index contributed by atoms with van der Waals surface area (Å²) in [5, 5.41) is 21.3. The molecule has 7 nitrogen and oxygen atoms in total. The zero-order valence-electron chi connectivity index (χ0n) is 10.3. The molecule has 0 fully saturated rings. The van der Waals surface area contributed by atoms with Gasteiger partial charge in [0.15, 0.2) is 5.16 Å². The molecule has 0 aliphatic carbocycles. The molecule has 2 N–H and O–H groups in total. The van der Waals surface area contributed by atoms with Gasteiger partial charge >= 0.3 is 0 Å². The molecular formula is C11H13N5O2S. The summed E-state index contributed by atoms with van der Waals surface area (Å²) in [6, 6.07) is 5.06. The van der Waals surface area contributed by atoms with Crippen molar-refractivity contribution in [1.29, 1.82) is 0 Å². The molecule has 2 aromatic rings. The molecule has 0 saturated heterocycles. The van der Waals surface area contributed by atoms with Crippen LogP contribution in [0.1, 0.15) is 12.5 Å². The van der Waals surface area contributed by atoms with Gasteiger partial charge in [0, 0.05) is 18.4 Å². The fourth-order valence-corrected chi connectivity index (χ4v) is 2.42. The first kappa shape index (κ1) is 13.3. The molecule has 1 aromatic heterocycles. The predicted molar refractivity (Wildman–Crippen MR) is 73.2 cm³/mol. The number of para-hydroxylation sites is 1. The van der Waals surface area contributed by atoms with Crippen LogP contribution in [0.4, 0.5) is 11.4 Å². The van der Waals surface area contributed by atoms with Gasteiger partial charge in [0.25, 0.3) is 5.69 Å². The van der Waals surface area contributed by atoms with Crippen molar-refractivity contribution >= 4 is 23.1 Å². The van der Waals surface area contributed by atoms with E-state index < -0.39 is 0 Å². The fourth-order valence-electron chi connectivity index (χ4n) is 1.65. The Morgan fingerprint density at radius 1 is 1.53 bits per heavy atom. The molecule has 19 heavy (non-hydrogen) atoms. The Balaban J connectivity index is 2.23. The van der Waals surface area contributed by atoms with Crippen LogP contribution < -0.4 is 5.32 Å². The number of aromatic nitrogens is 3. The van der Waals surface area contributed by atoms with E-state index in [-0.39, 0.29) is 10.6 Å². The SMILES string of the molecule is CCNc1c(CSc2ncn[nH]2)cccc1[N+](=O)[O-]. The molecule has 0 amide bonds. The van der Waals surface area contributed by atoms with Crippen molar-refractivity contribution < 1.29 is 4.92 Å². The number of hydrogen-bond donors (Lipinski definition) is 2. The second-order valence-corrected chi connectivity index (χ2v) is 4.64. The summed E-state index contributed by atoms with van der Waals surface area (Å²) in [5.41, 5.74) is 1.54. The lowest BCUT2D eigenvalue weighted by Gasteiger charge is -2.10. The molecule has 2 rings (SSSR count). The number of aromatic amines is 1. The predicted octanol–water partition coefficient (Wildman–Crippen LogP) is 2.44. The first-order chi connectivity index (χ1) is 9.22. The maximum Gasteiger partial charge on any atom is 0.292 e. The van der Waals surface area contributed by atoms with E-state index in [1.165, 1.54) is 24.2 Å². The molecule has 8 heteroatoms. The summed E-state index contributed by atoms with van der Waals surface area (Å²) in [4.78, 5) is 14.6. The summed E-state index contributed by atoms with van der Waals surface area (Å²) >= 11 is 1.45. The summed E-state index contributed by atoms with van der Waals surface area (Å²) in [6.45, 7) is 2.54. The van der Waals surface area contributed by atoms with Gasteiger partial charge in [-0.25, -0.2) is 4.98 Å². The number of hydrogen-bond acceptors (Lipinski definition) is 6. The summed E-state index contributed by atoms with van der Waals surface area (Å²) in [5.74, 6) is 0.583. The number of H-pyrrole nitrogens is 1. The van der Waals surface area contributed by atoms with Crippen molar-refractivity contribution in [3.8, 4) is 0 Å². The van der Waals surface area contributed by atoms with Gasteiger partial charge in [0.2, 0.25) is 0 Å². The van der Waals surface area contributed by atoms with Crippen LogP contribution in [0.25, 0.3) is 0 Å². The Bertz CT molecular complexity index is 558. The second kappa shape index (κ2) is 6.19. The molecular weight excluding hydrogens is 266 g/mol. The molecule has 0 radical (unpaired) electrons. The zero-order valence-corrected chi connectivity index (χ0v) is 11.1. The number of nitro benzene ring substituents is 1. The molecule has 0 bridgehead atoms. The molecule has 0 aliphatic heterocycles. The standard InChI is InChI=1S/C11H13N5O2S/c1-2-12-10-8(4-3-5-9(10)16(17)18)6-19-11-13-7-14-15-11/h3-5,7,12H,2,6H2,1H3,(H,13,14,15). The second-order valence-electron chi connectivity index (χ2n) is 3.68. The lowest BCUT2D eigenvalue weighted by molar-refractivity contribution is -0.384. The van der Waals surface area contributed by atoms with E-state index in [1.54, 1.807) is 6.07 Å². The van der Waals surface area contributed by atoms with Crippen LogP contribution in [-0.4, -0.2) is 26.6 Å². The van der Waals surface area contributed by atoms with Gasteiger partial charge in [0.1, 0.15) is 12.0 Å². The Morgan fingerprint density at radius 2 is 2.37 bits per heavy atom. The van der Waals surface area contributed by atoms with Gasteiger partial charge < -0.3 is 5.32 Å². The molecule has 0 aliphatic rings. The number of anilines is 1. The molecule has 1 heterocycles. The molecule has 100 valence electrons. The van der Waals surface area contributed by atoms with Gasteiger partial charge in [-0.2, -0.15) is 5.10 Å². The molecule has 1 aromatic carbocycles. The van der Waals surface area contributed by atoms with Crippen LogP contribution >= 0.6 is 11.8 Å². The first-order valence-corrected chi connectivity index (χ1v) is 6.69. The van der Waals surface area contributed by atoms with Gasteiger partial charge in [0.05, 0.1) is 4.92 Å². The van der Waals surface area contributed by atoms with Crippen LogP contribution in [0.3, 0.4) is 0 Å².